The molecule has 8 heteroatoms. The van der Waals surface area contributed by atoms with Crippen LogP contribution in [0.15, 0.2) is 18.2 Å². The second kappa shape index (κ2) is 5.79. The van der Waals surface area contributed by atoms with E-state index in [4.69, 9.17) is 18.9 Å². The quantitative estimate of drug-likeness (QED) is 0.453. The molecule has 8 nitrogen and oxygen atoms in total. The smallest absolute Gasteiger partial charge is 0.322 e. The predicted octanol–water partition coefficient (Wildman–Crippen LogP) is 0.592. The number of ether oxygens (including phenoxy) is 5. The van der Waals surface area contributed by atoms with Crippen LogP contribution in [-0.4, -0.2) is 38.9 Å². The summed E-state index contributed by atoms with van der Waals surface area (Å²) >= 11 is 0. The van der Waals surface area contributed by atoms with Gasteiger partial charge in [-0.2, -0.15) is 0 Å². The van der Waals surface area contributed by atoms with Crippen molar-refractivity contribution < 1.29 is 38.1 Å². The minimum absolute atomic E-state index is 0.0917. The van der Waals surface area contributed by atoms with Gasteiger partial charge in [-0.05, 0) is 17.7 Å². The van der Waals surface area contributed by atoms with E-state index in [-0.39, 0.29) is 6.79 Å². The van der Waals surface area contributed by atoms with Crippen LogP contribution in [0.4, 0.5) is 0 Å². The molecular formula is C15H14O8. The lowest BCUT2D eigenvalue weighted by Gasteiger charge is -2.18. The van der Waals surface area contributed by atoms with Gasteiger partial charge in [0.05, 0.1) is 14.2 Å². The normalized spacial score (nSPS) is 25.0. The molecule has 1 fully saturated rings. The maximum Gasteiger partial charge on any atom is 0.322 e. The molecule has 3 rings (SSSR count). The van der Waals surface area contributed by atoms with Gasteiger partial charge in [0.2, 0.25) is 6.79 Å². The molecule has 0 N–H and O–H groups in total. The molecule has 3 unspecified atom stereocenters. The van der Waals surface area contributed by atoms with Crippen molar-refractivity contribution in [2.24, 2.45) is 11.8 Å². The third kappa shape index (κ3) is 2.45. The highest BCUT2D eigenvalue weighted by atomic mass is 16.7. The fourth-order valence-electron chi connectivity index (χ4n) is 2.72. The van der Waals surface area contributed by atoms with Crippen LogP contribution in [0.5, 0.6) is 11.5 Å². The van der Waals surface area contributed by atoms with E-state index in [9.17, 15) is 14.4 Å². The molecule has 0 saturated carbocycles. The van der Waals surface area contributed by atoms with E-state index in [2.05, 4.69) is 4.74 Å². The second-order valence-corrected chi connectivity index (χ2v) is 5.02. The summed E-state index contributed by atoms with van der Waals surface area (Å²) in [6.07, 6.45) is -0.964. The predicted molar refractivity (Wildman–Crippen MR) is 72.4 cm³/mol. The van der Waals surface area contributed by atoms with Crippen LogP contribution in [0.1, 0.15) is 11.7 Å². The fourth-order valence-corrected chi connectivity index (χ4v) is 2.72. The molecule has 23 heavy (non-hydrogen) atoms. The van der Waals surface area contributed by atoms with Crippen molar-refractivity contribution in [1.29, 1.82) is 0 Å². The fraction of sp³-hybridized carbons (Fsp3) is 0.400. The Labute approximate surface area is 131 Å². The van der Waals surface area contributed by atoms with Crippen LogP contribution in [0.3, 0.4) is 0 Å². The van der Waals surface area contributed by atoms with E-state index >= 15 is 0 Å². The SMILES string of the molecule is COC(=O)C1C(=O)OC(c2ccc3c(c2)OCO3)C1C(=O)OC. The molecule has 122 valence electrons. The molecule has 1 aromatic rings. The molecule has 2 aliphatic heterocycles. The Balaban J connectivity index is 1.98. The van der Waals surface area contributed by atoms with Crippen LogP contribution in [0.25, 0.3) is 0 Å². The molecule has 0 bridgehead atoms. The molecule has 0 aliphatic carbocycles. The molecule has 0 aromatic heterocycles. The standard InChI is InChI=1S/C15H14O8/c1-19-13(16)10-11(14(17)20-2)15(18)23-12(10)7-3-4-8-9(5-7)22-6-21-8/h3-5,10-12H,6H2,1-2H3. The summed E-state index contributed by atoms with van der Waals surface area (Å²) < 4.78 is 25.0. The lowest BCUT2D eigenvalue weighted by molar-refractivity contribution is -0.159. The van der Waals surface area contributed by atoms with Crippen molar-refractivity contribution in [3.05, 3.63) is 23.8 Å². The first-order valence-electron chi connectivity index (χ1n) is 6.82. The van der Waals surface area contributed by atoms with Crippen LogP contribution in [-0.2, 0) is 28.6 Å². The number of carbonyl (C=O) groups excluding carboxylic acids is 3. The molecular weight excluding hydrogens is 308 g/mol. The third-order valence-electron chi connectivity index (χ3n) is 3.84. The number of benzene rings is 1. The molecule has 0 amide bonds. The van der Waals surface area contributed by atoms with Crippen LogP contribution in [0.2, 0.25) is 0 Å². The minimum Gasteiger partial charge on any atom is -0.469 e. The number of fused-ring (bicyclic) bond motifs is 1. The molecule has 1 saturated heterocycles. The Morgan fingerprint density at radius 1 is 1.09 bits per heavy atom. The number of carbonyl (C=O) groups is 3. The number of hydrogen-bond acceptors (Lipinski definition) is 8. The number of rotatable bonds is 3. The van der Waals surface area contributed by atoms with Crippen molar-refractivity contribution in [3.8, 4) is 11.5 Å². The van der Waals surface area contributed by atoms with Crippen LogP contribution >= 0.6 is 0 Å². The van der Waals surface area contributed by atoms with Gasteiger partial charge in [0, 0.05) is 0 Å². The Kier molecular flexibility index (Phi) is 3.81. The minimum atomic E-state index is -1.36. The zero-order valence-corrected chi connectivity index (χ0v) is 12.4. The first-order valence-corrected chi connectivity index (χ1v) is 6.82. The van der Waals surface area contributed by atoms with Gasteiger partial charge >= 0.3 is 17.9 Å². The van der Waals surface area contributed by atoms with Crippen LogP contribution in [0, 0.1) is 11.8 Å². The highest BCUT2D eigenvalue weighted by Gasteiger charge is 2.54. The van der Waals surface area contributed by atoms with Crippen molar-refractivity contribution in [2.45, 2.75) is 6.10 Å². The Morgan fingerprint density at radius 2 is 1.78 bits per heavy atom. The first-order chi connectivity index (χ1) is 11.1. The van der Waals surface area contributed by atoms with Crippen molar-refractivity contribution >= 4 is 17.9 Å². The van der Waals surface area contributed by atoms with Gasteiger partial charge < -0.3 is 23.7 Å². The molecule has 3 atom stereocenters. The topological polar surface area (TPSA) is 97.4 Å². The molecule has 2 aliphatic rings. The summed E-state index contributed by atoms with van der Waals surface area (Å²) in [5, 5.41) is 0. The Bertz CT molecular complexity index is 667. The van der Waals surface area contributed by atoms with E-state index in [1.165, 1.54) is 7.11 Å². The van der Waals surface area contributed by atoms with E-state index in [0.717, 1.165) is 7.11 Å². The summed E-state index contributed by atoms with van der Waals surface area (Å²) in [6.45, 7) is 0.0917. The summed E-state index contributed by atoms with van der Waals surface area (Å²) in [4.78, 5) is 36.0. The number of esters is 3. The summed E-state index contributed by atoms with van der Waals surface area (Å²) in [5.74, 6) is -3.85. The van der Waals surface area contributed by atoms with E-state index in [1.807, 2.05) is 0 Å². The monoisotopic (exact) mass is 322 g/mol. The van der Waals surface area contributed by atoms with Gasteiger partial charge in [-0.15, -0.1) is 0 Å². The maximum atomic E-state index is 12.1. The zero-order valence-electron chi connectivity index (χ0n) is 12.4. The Morgan fingerprint density at radius 3 is 2.48 bits per heavy atom. The highest BCUT2D eigenvalue weighted by molar-refractivity contribution is 6.01. The third-order valence-corrected chi connectivity index (χ3v) is 3.84. The van der Waals surface area contributed by atoms with Gasteiger partial charge in [0.1, 0.15) is 12.0 Å². The second-order valence-electron chi connectivity index (χ2n) is 5.02. The largest absolute Gasteiger partial charge is 0.469 e. The molecule has 2 heterocycles. The number of cyclic esters (lactones) is 1. The number of hydrogen-bond donors (Lipinski definition) is 0. The van der Waals surface area contributed by atoms with E-state index in [0.29, 0.717) is 17.1 Å². The van der Waals surface area contributed by atoms with Gasteiger partial charge in [-0.3, -0.25) is 14.4 Å². The summed E-state index contributed by atoms with van der Waals surface area (Å²) in [5.41, 5.74) is 0.504. The first kappa shape index (κ1) is 15.1. The van der Waals surface area contributed by atoms with Gasteiger partial charge in [-0.1, -0.05) is 6.07 Å². The average Bonchev–Trinajstić information content (AvgIpc) is 3.16. The van der Waals surface area contributed by atoms with Gasteiger partial charge in [0.15, 0.2) is 17.4 Å². The summed E-state index contributed by atoms with van der Waals surface area (Å²) in [7, 11) is 2.31. The van der Waals surface area contributed by atoms with Gasteiger partial charge in [-0.25, -0.2) is 0 Å². The lowest BCUT2D eigenvalue weighted by atomic mass is 9.87. The molecule has 0 spiro atoms. The summed E-state index contributed by atoms with van der Waals surface area (Å²) in [6, 6.07) is 4.89. The average molecular weight is 322 g/mol. The maximum absolute atomic E-state index is 12.1. The van der Waals surface area contributed by atoms with E-state index < -0.39 is 35.8 Å². The zero-order chi connectivity index (χ0) is 16.6. The van der Waals surface area contributed by atoms with Crippen molar-refractivity contribution in [2.75, 3.05) is 21.0 Å². The number of methoxy groups -OCH3 is 2. The van der Waals surface area contributed by atoms with Crippen LogP contribution < -0.4 is 9.47 Å². The van der Waals surface area contributed by atoms with Gasteiger partial charge in [0.25, 0.3) is 0 Å². The highest BCUT2D eigenvalue weighted by Crippen LogP contribution is 2.43. The molecule has 0 radical (unpaired) electrons. The Hall–Kier alpha value is -2.77. The molecule has 1 aromatic carbocycles. The van der Waals surface area contributed by atoms with E-state index in [1.54, 1.807) is 18.2 Å². The lowest BCUT2D eigenvalue weighted by Crippen LogP contribution is -2.33. The van der Waals surface area contributed by atoms with Crippen molar-refractivity contribution in [1.82, 2.24) is 0 Å². The van der Waals surface area contributed by atoms with Crippen molar-refractivity contribution in [3.63, 3.8) is 0 Å².